The lowest BCUT2D eigenvalue weighted by atomic mass is 10.1. The summed E-state index contributed by atoms with van der Waals surface area (Å²) in [7, 11) is 1.81. The third-order valence-corrected chi connectivity index (χ3v) is 2.60. The Kier molecular flexibility index (Phi) is 2.57. The molecule has 0 bridgehead atoms. The van der Waals surface area contributed by atoms with Crippen molar-refractivity contribution in [1.29, 1.82) is 5.26 Å². The molecule has 16 heavy (non-hydrogen) atoms. The molecule has 3 heteroatoms. The zero-order valence-electron chi connectivity index (χ0n) is 8.84. The second kappa shape index (κ2) is 4.03. The van der Waals surface area contributed by atoms with E-state index in [1.807, 2.05) is 31.3 Å². The minimum Gasteiger partial charge on any atom is -0.341 e. The van der Waals surface area contributed by atoms with Gasteiger partial charge in [0, 0.05) is 18.3 Å². The van der Waals surface area contributed by atoms with Gasteiger partial charge in [0.1, 0.15) is 0 Å². The quantitative estimate of drug-likeness (QED) is 0.714. The number of hydrogen-bond donors (Lipinski definition) is 0. The molecule has 0 atom stereocenters. The molecule has 0 unspecified atom stereocenters. The van der Waals surface area contributed by atoms with Gasteiger partial charge in [0.15, 0.2) is 6.29 Å². The monoisotopic (exact) mass is 210 g/mol. The van der Waals surface area contributed by atoms with Crippen LogP contribution in [0.1, 0.15) is 16.1 Å². The summed E-state index contributed by atoms with van der Waals surface area (Å²) < 4.78 is 1.78. The molecular weight excluding hydrogens is 200 g/mol. The van der Waals surface area contributed by atoms with Gasteiger partial charge in [0.2, 0.25) is 0 Å². The number of carbonyl (C=O) groups excluding carboxylic acids is 1. The number of nitrogens with zero attached hydrogens (tertiary/aromatic N) is 2. The average molecular weight is 210 g/mol. The van der Waals surface area contributed by atoms with Crippen molar-refractivity contribution in [3.05, 3.63) is 47.7 Å². The average Bonchev–Trinajstić information content (AvgIpc) is 2.70. The molecule has 1 aromatic carbocycles. The highest BCUT2D eigenvalue weighted by Gasteiger charge is 2.09. The molecule has 0 aliphatic heterocycles. The van der Waals surface area contributed by atoms with Crippen molar-refractivity contribution in [2.24, 2.45) is 7.05 Å². The Labute approximate surface area is 93.6 Å². The third-order valence-electron chi connectivity index (χ3n) is 2.60. The SMILES string of the molecule is Cn1c(C=O)ccc1-c1ccccc1C#N. The second-order valence-corrected chi connectivity index (χ2v) is 3.48. The predicted octanol–water partition coefficient (Wildman–Crippen LogP) is 2.38. The van der Waals surface area contributed by atoms with Crippen LogP contribution in [0.4, 0.5) is 0 Å². The summed E-state index contributed by atoms with van der Waals surface area (Å²) in [5, 5.41) is 9.01. The predicted molar refractivity (Wildman–Crippen MR) is 61.0 cm³/mol. The number of aromatic nitrogens is 1. The Morgan fingerprint density at radius 3 is 2.62 bits per heavy atom. The lowest BCUT2D eigenvalue weighted by Crippen LogP contribution is -1.97. The molecule has 0 spiro atoms. The van der Waals surface area contributed by atoms with E-state index in [4.69, 9.17) is 5.26 Å². The Bertz CT molecular complexity index is 576. The lowest BCUT2D eigenvalue weighted by Gasteiger charge is -2.06. The molecule has 0 radical (unpaired) electrons. The van der Waals surface area contributed by atoms with E-state index in [9.17, 15) is 4.79 Å². The first-order chi connectivity index (χ1) is 7.77. The molecule has 0 aliphatic carbocycles. The van der Waals surface area contributed by atoms with E-state index in [0.717, 1.165) is 17.5 Å². The highest BCUT2D eigenvalue weighted by Crippen LogP contribution is 2.24. The molecule has 78 valence electrons. The van der Waals surface area contributed by atoms with Crippen LogP contribution in [0, 0.1) is 11.3 Å². The maximum atomic E-state index is 10.7. The van der Waals surface area contributed by atoms with Crippen molar-refractivity contribution in [2.75, 3.05) is 0 Å². The fourth-order valence-corrected chi connectivity index (χ4v) is 1.72. The van der Waals surface area contributed by atoms with Crippen LogP contribution in [0.15, 0.2) is 36.4 Å². The van der Waals surface area contributed by atoms with Crippen molar-refractivity contribution >= 4 is 6.29 Å². The molecular formula is C13H10N2O. The van der Waals surface area contributed by atoms with E-state index in [2.05, 4.69) is 6.07 Å². The number of rotatable bonds is 2. The van der Waals surface area contributed by atoms with Crippen molar-refractivity contribution in [3.63, 3.8) is 0 Å². The molecule has 0 saturated heterocycles. The van der Waals surface area contributed by atoms with Gasteiger partial charge in [-0.25, -0.2) is 0 Å². The smallest absolute Gasteiger partial charge is 0.166 e. The van der Waals surface area contributed by atoms with Crippen LogP contribution in [0.2, 0.25) is 0 Å². The molecule has 2 aromatic rings. The van der Waals surface area contributed by atoms with Crippen LogP contribution < -0.4 is 0 Å². The number of carbonyl (C=O) groups is 1. The Morgan fingerprint density at radius 2 is 2.00 bits per heavy atom. The summed E-state index contributed by atoms with van der Waals surface area (Å²) in [5.41, 5.74) is 2.93. The van der Waals surface area contributed by atoms with Crippen molar-refractivity contribution in [1.82, 2.24) is 4.57 Å². The van der Waals surface area contributed by atoms with Crippen LogP contribution in [0.3, 0.4) is 0 Å². The summed E-state index contributed by atoms with van der Waals surface area (Å²) in [6, 6.07) is 13.1. The highest BCUT2D eigenvalue weighted by molar-refractivity contribution is 5.77. The van der Waals surface area contributed by atoms with Crippen LogP contribution in [0.25, 0.3) is 11.3 Å². The fraction of sp³-hybridized carbons (Fsp3) is 0.0769. The van der Waals surface area contributed by atoms with E-state index >= 15 is 0 Å². The standard InChI is InChI=1S/C13H10N2O/c1-15-11(9-16)6-7-13(15)12-5-3-2-4-10(12)8-14/h2-7,9H,1H3. The van der Waals surface area contributed by atoms with Crippen LogP contribution >= 0.6 is 0 Å². The van der Waals surface area contributed by atoms with E-state index in [1.165, 1.54) is 0 Å². The molecule has 2 rings (SSSR count). The van der Waals surface area contributed by atoms with E-state index < -0.39 is 0 Å². The van der Waals surface area contributed by atoms with Crippen molar-refractivity contribution in [2.45, 2.75) is 0 Å². The van der Waals surface area contributed by atoms with Crippen molar-refractivity contribution in [3.8, 4) is 17.3 Å². The Balaban J connectivity index is 2.64. The van der Waals surface area contributed by atoms with Gasteiger partial charge in [-0.2, -0.15) is 5.26 Å². The summed E-state index contributed by atoms with van der Waals surface area (Å²) in [5.74, 6) is 0. The molecule has 0 saturated carbocycles. The third kappa shape index (κ3) is 1.51. The number of nitriles is 1. The zero-order valence-corrected chi connectivity index (χ0v) is 8.84. The first-order valence-electron chi connectivity index (χ1n) is 4.88. The molecule has 3 nitrogen and oxygen atoms in total. The summed E-state index contributed by atoms with van der Waals surface area (Å²) in [4.78, 5) is 10.7. The molecule has 0 aliphatic rings. The van der Waals surface area contributed by atoms with Gasteiger partial charge in [0.25, 0.3) is 0 Å². The highest BCUT2D eigenvalue weighted by atomic mass is 16.1. The Hall–Kier alpha value is -2.34. The Morgan fingerprint density at radius 1 is 1.25 bits per heavy atom. The minimum atomic E-state index is 0.600. The van der Waals surface area contributed by atoms with E-state index in [0.29, 0.717) is 11.3 Å². The molecule has 0 amide bonds. The van der Waals surface area contributed by atoms with Crippen LogP contribution in [-0.2, 0) is 7.05 Å². The number of hydrogen-bond acceptors (Lipinski definition) is 2. The minimum absolute atomic E-state index is 0.600. The van der Waals surface area contributed by atoms with Crippen LogP contribution in [0.5, 0.6) is 0 Å². The maximum Gasteiger partial charge on any atom is 0.166 e. The van der Waals surface area contributed by atoms with Gasteiger partial charge in [-0.1, -0.05) is 18.2 Å². The first-order valence-corrected chi connectivity index (χ1v) is 4.88. The number of aldehydes is 1. The zero-order chi connectivity index (χ0) is 11.5. The van der Waals surface area contributed by atoms with Gasteiger partial charge in [0.05, 0.1) is 17.3 Å². The van der Waals surface area contributed by atoms with Gasteiger partial charge in [-0.05, 0) is 18.2 Å². The van der Waals surface area contributed by atoms with Gasteiger partial charge < -0.3 is 4.57 Å². The summed E-state index contributed by atoms with van der Waals surface area (Å²) in [6.07, 6.45) is 0.804. The summed E-state index contributed by atoms with van der Waals surface area (Å²) >= 11 is 0. The van der Waals surface area contributed by atoms with Crippen molar-refractivity contribution < 1.29 is 4.79 Å². The van der Waals surface area contributed by atoms with Crippen LogP contribution in [-0.4, -0.2) is 10.9 Å². The van der Waals surface area contributed by atoms with Gasteiger partial charge in [-0.3, -0.25) is 4.79 Å². The molecule has 1 heterocycles. The fourth-order valence-electron chi connectivity index (χ4n) is 1.72. The normalized spacial score (nSPS) is 9.75. The molecule has 0 N–H and O–H groups in total. The first kappa shape index (κ1) is 10.2. The van der Waals surface area contributed by atoms with E-state index in [1.54, 1.807) is 16.7 Å². The molecule has 0 fully saturated rings. The lowest BCUT2D eigenvalue weighted by molar-refractivity contribution is 0.111. The summed E-state index contributed by atoms with van der Waals surface area (Å²) in [6.45, 7) is 0. The topological polar surface area (TPSA) is 45.8 Å². The second-order valence-electron chi connectivity index (χ2n) is 3.48. The van der Waals surface area contributed by atoms with Gasteiger partial charge >= 0.3 is 0 Å². The van der Waals surface area contributed by atoms with E-state index in [-0.39, 0.29) is 0 Å². The largest absolute Gasteiger partial charge is 0.341 e. The number of benzene rings is 1. The maximum absolute atomic E-state index is 10.7. The van der Waals surface area contributed by atoms with Gasteiger partial charge in [-0.15, -0.1) is 0 Å². The molecule has 1 aromatic heterocycles.